The van der Waals surface area contributed by atoms with Gasteiger partial charge >= 0.3 is 0 Å². The summed E-state index contributed by atoms with van der Waals surface area (Å²) < 4.78 is 0. The van der Waals surface area contributed by atoms with E-state index in [2.05, 4.69) is 15.1 Å². The maximum atomic E-state index is 6.15. The molecule has 1 N–H and O–H groups in total. The Hall–Kier alpha value is -0.770. The number of para-hydroxylation sites is 1. The van der Waals surface area contributed by atoms with E-state index in [0.717, 1.165) is 23.3 Å². The predicted molar refractivity (Wildman–Crippen MR) is 94.8 cm³/mol. The van der Waals surface area contributed by atoms with Crippen LogP contribution in [0.1, 0.15) is 32.1 Å². The fourth-order valence-corrected chi connectivity index (χ4v) is 3.91. The number of hydrogen-bond acceptors (Lipinski definition) is 3. The summed E-state index contributed by atoms with van der Waals surface area (Å²) >= 11 is 6.15. The Balaban J connectivity index is 1.31. The Morgan fingerprint density at radius 3 is 2.91 bits per heavy atom. The first-order valence-electron chi connectivity index (χ1n) is 8.78. The molecule has 122 valence electrons. The van der Waals surface area contributed by atoms with E-state index in [1.54, 1.807) is 0 Å². The lowest BCUT2D eigenvalue weighted by atomic mass is 9.99. The van der Waals surface area contributed by atoms with Crippen molar-refractivity contribution in [2.24, 2.45) is 0 Å². The van der Waals surface area contributed by atoms with E-state index in [4.69, 9.17) is 11.6 Å². The lowest BCUT2D eigenvalue weighted by molar-refractivity contribution is 0.0488. The van der Waals surface area contributed by atoms with Crippen molar-refractivity contribution in [3.8, 4) is 0 Å². The molecule has 4 heteroatoms. The molecule has 2 aliphatic rings. The topological polar surface area (TPSA) is 18.5 Å². The molecule has 3 nitrogen and oxygen atoms in total. The lowest BCUT2D eigenvalue weighted by Crippen LogP contribution is -2.54. The normalized spacial score (nSPS) is 23.2. The molecule has 2 fully saturated rings. The highest BCUT2D eigenvalue weighted by Gasteiger charge is 2.28. The molecule has 2 saturated heterocycles. The molecule has 3 rings (SSSR count). The van der Waals surface area contributed by atoms with Crippen LogP contribution in [0, 0.1) is 0 Å². The molecule has 0 radical (unpaired) electrons. The van der Waals surface area contributed by atoms with Crippen LogP contribution in [-0.4, -0.2) is 55.1 Å². The summed E-state index contributed by atoms with van der Waals surface area (Å²) in [5.41, 5.74) is 1.06. The molecule has 0 spiro atoms. The number of fused-ring (bicyclic) bond motifs is 1. The minimum Gasteiger partial charge on any atom is -0.384 e. The van der Waals surface area contributed by atoms with Crippen LogP contribution in [0.4, 0.5) is 5.69 Å². The highest BCUT2D eigenvalue weighted by atomic mass is 35.5. The molecule has 0 aliphatic carbocycles. The van der Waals surface area contributed by atoms with E-state index in [0.29, 0.717) is 0 Å². The zero-order valence-electron chi connectivity index (χ0n) is 13.4. The molecule has 1 aromatic carbocycles. The minimum atomic E-state index is 0.816. The number of nitrogens with zero attached hydrogens (tertiary/aromatic N) is 2. The van der Waals surface area contributed by atoms with Crippen LogP contribution >= 0.6 is 11.6 Å². The average Bonchev–Trinajstić information content (AvgIpc) is 2.56. The minimum absolute atomic E-state index is 0.816. The summed E-state index contributed by atoms with van der Waals surface area (Å²) in [6, 6.07) is 8.82. The Bertz CT molecular complexity index is 465. The van der Waals surface area contributed by atoms with Gasteiger partial charge in [0.05, 0.1) is 10.7 Å². The number of piperidine rings is 1. The Morgan fingerprint density at radius 1 is 1.09 bits per heavy atom. The highest BCUT2D eigenvalue weighted by molar-refractivity contribution is 6.33. The van der Waals surface area contributed by atoms with Crippen molar-refractivity contribution >= 4 is 17.3 Å². The van der Waals surface area contributed by atoms with Crippen molar-refractivity contribution < 1.29 is 0 Å². The molecular formula is C18H28ClN3. The van der Waals surface area contributed by atoms with E-state index < -0.39 is 0 Å². The second-order valence-corrected chi connectivity index (χ2v) is 7.01. The number of halogens is 1. The van der Waals surface area contributed by atoms with E-state index in [1.165, 1.54) is 64.8 Å². The maximum absolute atomic E-state index is 6.15. The van der Waals surface area contributed by atoms with Gasteiger partial charge in [0.25, 0.3) is 0 Å². The van der Waals surface area contributed by atoms with Crippen LogP contribution in [0.3, 0.4) is 0 Å². The largest absolute Gasteiger partial charge is 0.384 e. The number of nitrogens with one attached hydrogen (secondary N) is 1. The summed E-state index contributed by atoms with van der Waals surface area (Å²) in [6.45, 7) is 7.41. The second kappa shape index (κ2) is 8.19. The standard InChI is InChI=1S/C18H28ClN3/c19-17-8-1-2-9-18(17)20-10-4-6-11-21-13-14-22-12-5-3-7-16(22)15-21/h1-2,8-9,16,20H,3-7,10-15H2. The highest BCUT2D eigenvalue weighted by Crippen LogP contribution is 2.22. The van der Waals surface area contributed by atoms with Gasteiger partial charge in [-0.25, -0.2) is 0 Å². The van der Waals surface area contributed by atoms with Crippen molar-refractivity contribution in [2.75, 3.05) is 44.6 Å². The second-order valence-electron chi connectivity index (χ2n) is 6.60. The van der Waals surface area contributed by atoms with Crippen LogP contribution in [0.5, 0.6) is 0 Å². The number of benzene rings is 1. The molecular weight excluding hydrogens is 294 g/mol. The summed E-state index contributed by atoms with van der Waals surface area (Å²) in [7, 11) is 0. The van der Waals surface area contributed by atoms with Gasteiger partial charge in [0.1, 0.15) is 0 Å². The molecule has 22 heavy (non-hydrogen) atoms. The fourth-order valence-electron chi connectivity index (χ4n) is 3.71. The molecule has 0 aromatic heterocycles. The van der Waals surface area contributed by atoms with Crippen molar-refractivity contribution in [1.82, 2.24) is 9.80 Å². The molecule has 1 atom stereocenters. The van der Waals surface area contributed by atoms with Crippen LogP contribution in [-0.2, 0) is 0 Å². The molecule has 0 amide bonds. The Labute approximate surface area is 139 Å². The number of anilines is 1. The summed E-state index contributed by atoms with van der Waals surface area (Å²) in [4.78, 5) is 5.38. The van der Waals surface area contributed by atoms with Crippen LogP contribution in [0.25, 0.3) is 0 Å². The van der Waals surface area contributed by atoms with E-state index >= 15 is 0 Å². The number of unbranched alkanes of at least 4 members (excludes halogenated alkanes) is 1. The van der Waals surface area contributed by atoms with Gasteiger partial charge < -0.3 is 10.2 Å². The van der Waals surface area contributed by atoms with Gasteiger partial charge in [-0.05, 0) is 50.9 Å². The number of hydrogen-bond donors (Lipinski definition) is 1. The van der Waals surface area contributed by atoms with Crippen molar-refractivity contribution in [2.45, 2.75) is 38.1 Å². The Kier molecular flexibility index (Phi) is 5.99. The van der Waals surface area contributed by atoms with Gasteiger partial charge in [-0.15, -0.1) is 0 Å². The summed E-state index contributed by atoms with van der Waals surface area (Å²) in [5.74, 6) is 0. The third kappa shape index (κ3) is 4.37. The first-order chi connectivity index (χ1) is 10.8. The van der Waals surface area contributed by atoms with Crippen LogP contribution in [0.15, 0.2) is 24.3 Å². The zero-order chi connectivity index (χ0) is 15.2. The van der Waals surface area contributed by atoms with Crippen LogP contribution in [0.2, 0.25) is 5.02 Å². The van der Waals surface area contributed by atoms with Crippen molar-refractivity contribution in [1.29, 1.82) is 0 Å². The van der Waals surface area contributed by atoms with Crippen LogP contribution < -0.4 is 5.32 Å². The third-order valence-electron chi connectivity index (χ3n) is 5.01. The molecule has 2 aliphatic heterocycles. The van der Waals surface area contributed by atoms with Gasteiger partial charge in [-0.2, -0.15) is 0 Å². The number of rotatable bonds is 6. The fraction of sp³-hybridized carbons (Fsp3) is 0.667. The smallest absolute Gasteiger partial charge is 0.0637 e. The van der Waals surface area contributed by atoms with Gasteiger partial charge in [0.15, 0.2) is 0 Å². The zero-order valence-corrected chi connectivity index (χ0v) is 14.2. The van der Waals surface area contributed by atoms with Crippen molar-refractivity contribution in [3.63, 3.8) is 0 Å². The molecule has 1 aromatic rings. The molecule has 2 heterocycles. The van der Waals surface area contributed by atoms with E-state index in [-0.39, 0.29) is 0 Å². The molecule has 1 unspecified atom stereocenters. The summed E-state index contributed by atoms with van der Waals surface area (Å²) in [6.07, 6.45) is 6.71. The first-order valence-corrected chi connectivity index (χ1v) is 9.15. The van der Waals surface area contributed by atoms with Gasteiger partial charge in [0, 0.05) is 32.2 Å². The maximum Gasteiger partial charge on any atom is 0.0637 e. The number of piperazine rings is 1. The van der Waals surface area contributed by atoms with Gasteiger partial charge in [0.2, 0.25) is 0 Å². The van der Waals surface area contributed by atoms with E-state index in [1.807, 2.05) is 24.3 Å². The first kappa shape index (κ1) is 16.1. The Morgan fingerprint density at radius 2 is 2.00 bits per heavy atom. The third-order valence-corrected chi connectivity index (χ3v) is 5.34. The monoisotopic (exact) mass is 321 g/mol. The quantitative estimate of drug-likeness (QED) is 0.806. The van der Waals surface area contributed by atoms with Gasteiger partial charge in [-0.3, -0.25) is 4.90 Å². The lowest BCUT2D eigenvalue weighted by Gasteiger charge is -2.44. The van der Waals surface area contributed by atoms with Gasteiger partial charge in [-0.1, -0.05) is 30.2 Å². The summed E-state index contributed by atoms with van der Waals surface area (Å²) in [5, 5.41) is 4.25. The average molecular weight is 322 g/mol. The van der Waals surface area contributed by atoms with Crippen molar-refractivity contribution in [3.05, 3.63) is 29.3 Å². The molecule has 0 saturated carbocycles. The van der Waals surface area contributed by atoms with E-state index in [9.17, 15) is 0 Å². The SMILES string of the molecule is Clc1ccccc1NCCCCN1CCN2CCCCC2C1. The predicted octanol–water partition coefficient (Wildman–Crippen LogP) is 3.70. The molecule has 0 bridgehead atoms.